The van der Waals surface area contributed by atoms with Crippen molar-refractivity contribution in [2.45, 2.75) is 25.6 Å². The van der Waals surface area contributed by atoms with E-state index >= 15 is 0 Å². The number of halogens is 3. The lowest BCUT2D eigenvalue weighted by Crippen LogP contribution is -2.44. The third kappa shape index (κ3) is 4.20. The number of nitrogens with zero attached hydrogens (tertiary/aromatic N) is 3. The lowest BCUT2D eigenvalue weighted by molar-refractivity contribution is -0.144. The lowest BCUT2D eigenvalue weighted by atomic mass is 10.0. The van der Waals surface area contributed by atoms with Crippen LogP contribution < -0.4 is 16.6 Å². The SMILES string of the molecule is CN(C)C(C)(C)CNc1cc(NN)nc(C(F)(F)F)n1. The molecule has 20 heavy (non-hydrogen) atoms. The molecule has 0 amide bonds. The molecule has 0 aliphatic rings. The van der Waals surface area contributed by atoms with Crippen LogP contribution in [0.3, 0.4) is 0 Å². The topological polar surface area (TPSA) is 79.1 Å². The Morgan fingerprint density at radius 1 is 1.20 bits per heavy atom. The van der Waals surface area contributed by atoms with Crippen LogP contribution in [0.1, 0.15) is 19.7 Å². The fraction of sp³-hybridized carbons (Fsp3) is 0.636. The molecule has 0 aliphatic carbocycles. The molecule has 0 saturated carbocycles. The molecule has 1 heterocycles. The summed E-state index contributed by atoms with van der Waals surface area (Å²) in [5, 5.41) is 2.87. The Labute approximate surface area is 115 Å². The molecule has 0 bridgehead atoms. The standard InChI is InChI=1S/C11H19F3N6/c1-10(2,20(3)4)6-16-7-5-8(19-15)18-9(17-7)11(12,13)14/h5H,6,15H2,1-4H3,(H2,16,17,18,19). The highest BCUT2D eigenvalue weighted by Crippen LogP contribution is 2.28. The molecule has 1 aromatic rings. The van der Waals surface area contributed by atoms with Gasteiger partial charge in [-0.2, -0.15) is 13.2 Å². The van der Waals surface area contributed by atoms with Crippen molar-refractivity contribution in [3.8, 4) is 0 Å². The van der Waals surface area contributed by atoms with Gasteiger partial charge >= 0.3 is 6.18 Å². The molecule has 0 radical (unpaired) electrons. The van der Waals surface area contributed by atoms with Crippen LogP contribution in [0.4, 0.5) is 24.8 Å². The van der Waals surface area contributed by atoms with Gasteiger partial charge in [-0.3, -0.25) is 0 Å². The van der Waals surface area contributed by atoms with Crippen molar-refractivity contribution in [2.75, 3.05) is 31.4 Å². The van der Waals surface area contributed by atoms with Crippen molar-refractivity contribution in [2.24, 2.45) is 5.84 Å². The van der Waals surface area contributed by atoms with E-state index in [9.17, 15) is 13.2 Å². The van der Waals surface area contributed by atoms with Crippen LogP contribution in [0.15, 0.2) is 6.07 Å². The number of hydrazine groups is 1. The van der Waals surface area contributed by atoms with E-state index in [1.54, 1.807) is 0 Å². The third-order valence-electron chi connectivity index (χ3n) is 3.04. The molecule has 0 spiro atoms. The van der Waals surface area contributed by atoms with Gasteiger partial charge in [0.1, 0.15) is 11.6 Å². The van der Waals surface area contributed by atoms with Crippen molar-refractivity contribution < 1.29 is 13.2 Å². The van der Waals surface area contributed by atoms with E-state index in [4.69, 9.17) is 5.84 Å². The van der Waals surface area contributed by atoms with Gasteiger partial charge in [-0.05, 0) is 27.9 Å². The highest BCUT2D eigenvalue weighted by Gasteiger charge is 2.35. The van der Waals surface area contributed by atoms with Gasteiger partial charge in [0.25, 0.3) is 0 Å². The molecule has 9 heteroatoms. The van der Waals surface area contributed by atoms with Crippen molar-refractivity contribution in [3.63, 3.8) is 0 Å². The van der Waals surface area contributed by atoms with Crippen LogP contribution in [-0.2, 0) is 6.18 Å². The van der Waals surface area contributed by atoms with E-state index in [-0.39, 0.29) is 17.2 Å². The Bertz CT molecular complexity index is 458. The Balaban J connectivity index is 2.96. The van der Waals surface area contributed by atoms with Gasteiger partial charge in [-0.25, -0.2) is 15.8 Å². The molecule has 0 unspecified atom stereocenters. The monoisotopic (exact) mass is 292 g/mol. The average Bonchev–Trinajstić information content (AvgIpc) is 2.34. The minimum Gasteiger partial charge on any atom is -0.368 e. The highest BCUT2D eigenvalue weighted by molar-refractivity contribution is 5.47. The predicted molar refractivity (Wildman–Crippen MR) is 71.1 cm³/mol. The zero-order chi connectivity index (χ0) is 15.6. The van der Waals surface area contributed by atoms with Crippen molar-refractivity contribution in [1.82, 2.24) is 14.9 Å². The zero-order valence-corrected chi connectivity index (χ0v) is 11.8. The molecule has 1 rings (SSSR count). The van der Waals surface area contributed by atoms with Gasteiger partial charge < -0.3 is 15.6 Å². The number of rotatable bonds is 5. The molecule has 6 nitrogen and oxygen atoms in total. The smallest absolute Gasteiger partial charge is 0.368 e. The maximum atomic E-state index is 12.7. The molecule has 0 saturated heterocycles. The number of hydrogen-bond acceptors (Lipinski definition) is 6. The van der Waals surface area contributed by atoms with Crippen LogP contribution in [0.5, 0.6) is 0 Å². The number of likely N-dealkylation sites (N-methyl/N-ethyl adjacent to an activating group) is 1. The van der Waals surface area contributed by atoms with Gasteiger partial charge in [-0.1, -0.05) is 0 Å². The lowest BCUT2D eigenvalue weighted by Gasteiger charge is -2.32. The first kappa shape index (κ1) is 16.4. The highest BCUT2D eigenvalue weighted by atomic mass is 19.4. The van der Waals surface area contributed by atoms with E-state index in [0.717, 1.165) is 0 Å². The second kappa shape index (κ2) is 5.80. The summed E-state index contributed by atoms with van der Waals surface area (Å²) in [6.45, 7) is 4.32. The second-order valence-electron chi connectivity index (χ2n) is 5.16. The van der Waals surface area contributed by atoms with Crippen LogP contribution in [0.2, 0.25) is 0 Å². The quantitative estimate of drug-likeness (QED) is 0.564. The molecular weight excluding hydrogens is 273 g/mol. The maximum Gasteiger partial charge on any atom is 0.451 e. The van der Waals surface area contributed by atoms with E-state index in [1.165, 1.54) is 6.07 Å². The number of alkyl halides is 3. The van der Waals surface area contributed by atoms with Crippen LogP contribution in [0, 0.1) is 0 Å². The minimum atomic E-state index is -4.62. The van der Waals surface area contributed by atoms with E-state index < -0.39 is 12.0 Å². The van der Waals surface area contributed by atoms with Gasteiger partial charge in [0.15, 0.2) is 0 Å². The van der Waals surface area contributed by atoms with Crippen LogP contribution >= 0.6 is 0 Å². The second-order valence-corrected chi connectivity index (χ2v) is 5.16. The molecule has 0 aromatic carbocycles. The first-order valence-electron chi connectivity index (χ1n) is 5.90. The van der Waals surface area contributed by atoms with E-state index in [1.807, 2.05) is 32.8 Å². The summed E-state index contributed by atoms with van der Waals surface area (Å²) in [5.41, 5.74) is 1.85. The molecule has 0 aliphatic heterocycles. The molecule has 4 N–H and O–H groups in total. The van der Waals surface area contributed by atoms with Gasteiger partial charge in [0.05, 0.1) is 0 Å². The molecule has 114 valence electrons. The fourth-order valence-electron chi connectivity index (χ4n) is 1.20. The third-order valence-corrected chi connectivity index (χ3v) is 3.04. The molecule has 1 aromatic heterocycles. The first-order chi connectivity index (χ1) is 9.06. The van der Waals surface area contributed by atoms with Crippen molar-refractivity contribution in [1.29, 1.82) is 0 Å². The van der Waals surface area contributed by atoms with Gasteiger partial charge in [0.2, 0.25) is 5.82 Å². The Morgan fingerprint density at radius 3 is 2.20 bits per heavy atom. The molecular formula is C11H19F3N6. The normalized spacial score (nSPS) is 12.7. The first-order valence-corrected chi connectivity index (χ1v) is 5.90. The summed E-state index contributed by atoms with van der Waals surface area (Å²) in [4.78, 5) is 8.69. The number of nitrogen functional groups attached to an aromatic ring is 1. The summed E-state index contributed by atoms with van der Waals surface area (Å²) in [6, 6.07) is 1.32. The zero-order valence-electron chi connectivity index (χ0n) is 11.8. The van der Waals surface area contributed by atoms with E-state index in [2.05, 4.69) is 20.7 Å². The Hall–Kier alpha value is -1.61. The number of nitrogens with one attached hydrogen (secondary N) is 2. The van der Waals surface area contributed by atoms with Crippen LogP contribution in [-0.4, -0.2) is 41.0 Å². The summed E-state index contributed by atoms with van der Waals surface area (Å²) >= 11 is 0. The predicted octanol–water partition coefficient (Wildman–Crippen LogP) is 1.53. The van der Waals surface area contributed by atoms with Crippen molar-refractivity contribution >= 4 is 11.6 Å². The maximum absolute atomic E-state index is 12.7. The van der Waals surface area contributed by atoms with Crippen molar-refractivity contribution in [3.05, 3.63) is 11.9 Å². The number of hydrogen-bond donors (Lipinski definition) is 3. The Morgan fingerprint density at radius 2 is 1.75 bits per heavy atom. The molecule has 0 fully saturated rings. The molecule has 0 atom stereocenters. The van der Waals surface area contributed by atoms with Crippen LogP contribution in [0.25, 0.3) is 0 Å². The summed E-state index contributed by atoms with van der Waals surface area (Å²) in [5.74, 6) is 3.85. The fourth-order valence-corrected chi connectivity index (χ4v) is 1.20. The number of nitrogens with two attached hydrogens (primary N) is 1. The minimum absolute atomic E-state index is 0.0650. The Kier molecular flexibility index (Phi) is 4.77. The largest absolute Gasteiger partial charge is 0.451 e. The average molecular weight is 292 g/mol. The number of anilines is 2. The summed E-state index contributed by atoms with van der Waals surface area (Å²) < 4.78 is 38.0. The van der Waals surface area contributed by atoms with Gasteiger partial charge in [0, 0.05) is 18.2 Å². The summed E-state index contributed by atoms with van der Waals surface area (Å²) in [6.07, 6.45) is -4.62. The number of aromatic nitrogens is 2. The van der Waals surface area contributed by atoms with E-state index in [0.29, 0.717) is 6.54 Å². The van der Waals surface area contributed by atoms with Gasteiger partial charge in [-0.15, -0.1) is 0 Å². The summed E-state index contributed by atoms with van der Waals surface area (Å²) in [7, 11) is 3.77.